The van der Waals surface area contributed by atoms with Crippen molar-refractivity contribution in [1.82, 2.24) is 15.5 Å². The van der Waals surface area contributed by atoms with Crippen molar-refractivity contribution in [3.8, 4) is 10.7 Å². The van der Waals surface area contributed by atoms with Gasteiger partial charge in [-0.15, -0.1) is 23.7 Å². The van der Waals surface area contributed by atoms with E-state index in [4.69, 9.17) is 4.52 Å². The highest BCUT2D eigenvalue weighted by atomic mass is 35.5. The minimum absolute atomic E-state index is 0. The maximum absolute atomic E-state index is 5.31. The van der Waals surface area contributed by atoms with Crippen LogP contribution in [0.4, 0.5) is 0 Å². The molecule has 3 rings (SSSR count). The fourth-order valence-corrected chi connectivity index (χ4v) is 2.59. The third-order valence-electron chi connectivity index (χ3n) is 2.79. The lowest BCUT2D eigenvalue weighted by Gasteiger charge is -2.19. The number of nitrogens with zero attached hydrogens (tertiary/aromatic N) is 2. The molecule has 4 nitrogen and oxygen atoms in total. The Labute approximate surface area is 110 Å². The van der Waals surface area contributed by atoms with Crippen molar-refractivity contribution < 1.29 is 4.52 Å². The second-order valence-corrected chi connectivity index (χ2v) is 4.88. The lowest BCUT2D eigenvalue weighted by molar-refractivity contribution is 0.297. The standard InChI is InChI=1S/C11H13N3OS.ClH/c1-2-6-12-8(4-1)11-13-10(14-15-11)9-5-3-7-16-9;/h3,5,7-8,12H,1-2,4,6H2;1H/t8-;/m1./s1. The molecule has 1 fully saturated rings. The Balaban J connectivity index is 0.00000108. The minimum atomic E-state index is 0. The number of piperidine rings is 1. The van der Waals surface area contributed by atoms with Gasteiger partial charge in [-0.3, -0.25) is 0 Å². The van der Waals surface area contributed by atoms with Crippen LogP contribution in [0.15, 0.2) is 22.0 Å². The predicted octanol–water partition coefficient (Wildman–Crippen LogP) is 3.03. The van der Waals surface area contributed by atoms with Gasteiger partial charge in [-0.1, -0.05) is 17.6 Å². The van der Waals surface area contributed by atoms with E-state index in [1.165, 1.54) is 12.8 Å². The summed E-state index contributed by atoms with van der Waals surface area (Å²) in [5, 5.41) is 9.44. The van der Waals surface area contributed by atoms with Crippen molar-refractivity contribution in [2.24, 2.45) is 0 Å². The second-order valence-electron chi connectivity index (χ2n) is 3.94. The lowest BCUT2D eigenvalue weighted by Crippen LogP contribution is -2.26. The van der Waals surface area contributed by atoms with Crippen molar-refractivity contribution in [3.05, 3.63) is 23.4 Å². The van der Waals surface area contributed by atoms with Crippen molar-refractivity contribution in [3.63, 3.8) is 0 Å². The van der Waals surface area contributed by atoms with Crippen LogP contribution in [-0.2, 0) is 0 Å². The molecular formula is C11H14ClN3OS. The topological polar surface area (TPSA) is 51.0 Å². The van der Waals surface area contributed by atoms with Crippen LogP contribution in [0, 0.1) is 0 Å². The van der Waals surface area contributed by atoms with Crippen molar-refractivity contribution >= 4 is 23.7 Å². The summed E-state index contributed by atoms with van der Waals surface area (Å²) in [4.78, 5) is 5.51. The molecule has 3 heterocycles. The quantitative estimate of drug-likeness (QED) is 0.912. The fraction of sp³-hybridized carbons (Fsp3) is 0.455. The number of hydrogen-bond donors (Lipinski definition) is 1. The summed E-state index contributed by atoms with van der Waals surface area (Å²) in [6.45, 7) is 1.04. The molecule has 92 valence electrons. The maximum atomic E-state index is 5.31. The number of halogens is 1. The number of nitrogens with one attached hydrogen (secondary N) is 1. The molecule has 0 spiro atoms. The Hall–Kier alpha value is -0.910. The van der Waals surface area contributed by atoms with Gasteiger partial charge in [0.2, 0.25) is 11.7 Å². The zero-order chi connectivity index (χ0) is 10.8. The molecule has 17 heavy (non-hydrogen) atoms. The van der Waals surface area contributed by atoms with Crippen LogP contribution in [0.3, 0.4) is 0 Å². The Bertz CT molecular complexity index is 451. The van der Waals surface area contributed by atoms with E-state index < -0.39 is 0 Å². The van der Waals surface area contributed by atoms with Crippen molar-refractivity contribution in [1.29, 1.82) is 0 Å². The van der Waals surface area contributed by atoms with Crippen LogP contribution < -0.4 is 5.32 Å². The summed E-state index contributed by atoms with van der Waals surface area (Å²) >= 11 is 1.63. The number of aromatic nitrogens is 2. The van der Waals surface area contributed by atoms with E-state index >= 15 is 0 Å². The molecular weight excluding hydrogens is 258 g/mol. The molecule has 1 aliphatic heterocycles. The molecule has 0 unspecified atom stereocenters. The zero-order valence-corrected chi connectivity index (χ0v) is 10.9. The van der Waals surface area contributed by atoms with Gasteiger partial charge in [-0.05, 0) is 30.8 Å². The number of rotatable bonds is 2. The van der Waals surface area contributed by atoms with E-state index in [2.05, 4.69) is 15.5 Å². The van der Waals surface area contributed by atoms with Crippen molar-refractivity contribution in [2.75, 3.05) is 6.54 Å². The summed E-state index contributed by atoms with van der Waals surface area (Å²) in [6, 6.07) is 4.25. The predicted molar refractivity (Wildman–Crippen MR) is 69.5 cm³/mol. The Morgan fingerprint density at radius 2 is 2.35 bits per heavy atom. The smallest absolute Gasteiger partial charge is 0.244 e. The van der Waals surface area contributed by atoms with Crippen LogP contribution >= 0.6 is 23.7 Å². The Morgan fingerprint density at radius 1 is 1.41 bits per heavy atom. The molecule has 0 aliphatic carbocycles. The van der Waals surface area contributed by atoms with E-state index in [1.807, 2.05) is 17.5 Å². The second kappa shape index (κ2) is 5.62. The molecule has 6 heteroatoms. The van der Waals surface area contributed by atoms with Crippen LogP contribution in [0.1, 0.15) is 31.2 Å². The van der Waals surface area contributed by atoms with Gasteiger partial charge in [0.15, 0.2) is 0 Å². The molecule has 1 N–H and O–H groups in total. The van der Waals surface area contributed by atoms with Gasteiger partial charge in [0.05, 0.1) is 10.9 Å². The summed E-state index contributed by atoms with van der Waals surface area (Å²) in [5.41, 5.74) is 0. The van der Waals surface area contributed by atoms with E-state index in [9.17, 15) is 0 Å². The Morgan fingerprint density at radius 3 is 3.06 bits per heavy atom. The largest absolute Gasteiger partial charge is 0.337 e. The molecule has 2 aromatic heterocycles. The first-order valence-corrected chi connectivity index (χ1v) is 6.42. The molecule has 0 bridgehead atoms. The summed E-state index contributed by atoms with van der Waals surface area (Å²) in [6.07, 6.45) is 3.56. The van der Waals surface area contributed by atoms with Gasteiger partial charge in [0.1, 0.15) is 0 Å². The van der Waals surface area contributed by atoms with Crippen LogP contribution in [0.25, 0.3) is 10.7 Å². The average Bonchev–Trinajstić information content (AvgIpc) is 3.01. The van der Waals surface area contributed by atoms with Crippen LogP contribution in [-0.4, -0.2) is 16.7 Å². The monoisotopic (exact) mass is 271 g/mol. The zero-order valence-electron chi connectivity index (χ0n) is 9.26. The molecule has 0 saturated carbocycles. The van der Waals surface area contributed by atoms with Gasteiger partial charge in [-0.25, -0.2) is 0 Å². The van der Waals surface area contributed by atoms with E-state index in [0.29, 0.717) is 5.82 Å². The van der Waals surface area contributed by atoms with Crippen molar-refractivity contribution in [2.45, 2.75) is 25.3 Å². The van der Waals surface area contributed by atoms with E-state index in [0.717, 1.165) is 23.7 Å². The third kappa shape index (κ3) is 2.68. The molecule has 0 radical (unpaired) electrons. The number of thiophene rings is 1. The van der Waals surface area contributed by atoms with E-state index in [1.54, 1.807) is 11.3 Å². The molecule has 1 atom stereocenters. The first kappa shape index (κ1) is 12.5. The van der Waals surface area contributed by atoms with Gasteiger partial charge >= 0.3 is 0 Å². The van der Waals surface area contributed by atoms with Gasteiger partial charge in [-0.2, -0.15) is 4.98 Å². The average molecular weight is 272 g/mol. The lowest BCUT2D eigenvalue weighted by atomic mass is 10.1. The first-order chi connectivity index (χ1) is 7.93. The van der Waals surface area contributed by atoms with Crippen LogP contribution in [0.2, 0.25) is 0 Å². The first-order valence-electron chi connectivity index (χ1n) is 5.54. The fourth-order valence-electron chi connectivity index (χ4n) is 1.95. The molecule has 0 aromatic carbocycles. The minimum Gasteiger partial charge on any atom is -0.337 e. The van der Waals surface area contributed by atoms with Gasteiger partial charge in [0, 0.05) is 0 Å². The molecule has 0 amide bonds. The summed E-state index contributed by atoms with van der Waals surface area (Å²) in [7, 11) is 0. The van der Waals surface area contributed by atoms with Gasteiger partial charge < -0.3 is 9.84 Å². The SMILES string of the molecule is Cl.c1csc(-c2noc([C@H]3CCCCN3)n2)c1. The maximum Gasteiger partial charge on any atom is 0.244 e. The highest BCUT2D eigenvalue weighted by Crippen LogP contribution is 2.26. The molecule has 2 aromatic rings. The van der Waals surface area contributed by atoms with E-state index in [-0.39, 0.29) is 18.4 Å². The number of hydrogen-bond acceptors (Lipinski definition) is 5. The molecule has 1 saturated heterocycles. The molecule has 1 aliphatic rings. The van der Waals surface area contributed by atoms with Gasteiger partial charge in [0.25, 0.3) is 0 Å². The highest BCUT2D eigenvalue weighted by molar-refractivity contribution is 7.13. The van der Waals surface area contributed by atoms with Crippen LogP contribution in [0.5, 0.6) is 0 Å². The normalized spacial score (nSPS) is 19.9. The third-order valence-corrected chi connectivity index (χ3v) is 3.66. The Kier molecular flexibility index (Phi) is 4.15. The highest BCUT2D eigenvalue weighted by Gasteiger charge is 2.21. The summed E-state index contributed by atoms with van der Waals surface area (Å²) < 4.78 is 5.31. The summed E-state index contributed by atoms with van der Waals surface area (Å²) in [5.74, 6) is 1.43.